The Labute approximate surface area is 131 Å². The molecule has 0 fully saturated rings. The van der Waals surface area contributed by atoms with Gasteiger partial charge in [-0.3, -0.25) is 9.48 Å². The molecule has 0 saturated heterocycles. The first-order chi connectivity index (χ1) is 10.2. The third-order valence-electron chi connectivity index (χ3n) is 3.22. The van der Waals surface area contributed by atoms with Crippen LogP contribution in [0.15, 0.2) is 41.9 Å². The number of rotatable bonds is 4. The van der Waals surface area contributed by atoms with E-state index in [-0.39, 0.29) is 0 Å². The number of aromatic nitrogens is 2. The van der Waals surface area contributed by atoms with E-state index in [0.29, 0.717) is 22.1 Å². The number of hydrogen-bond acceptors (Lipinski definition) is 3. The predicted molar refractivity (Wildman–Crippen MR) is 86.2 cm³/mol. The summed E-state index contributed by atoms with van der Waals surface area (Å²) in [7, 11) is 0. The summed E-state index contributed by atoms with van der Waals surface area (Å²) in [6.45, 7) is 2.69. The number of carbonyl (C=O) groups is 1. The lowest BCUT2D eigenvalue weighted by Gasteiger charge is -2.02. The topological polar surface area (TPSA) is 34.9 Å². The van der Waals surface area contributed by atoms with Gasteiger partial charge in [0.25, 0.3) is 0 Å². The molecule has 3 nitrogen and oxygen atoms in total. The molecule has 0 aliphatic carbocycles. The van der Waals surface area contributed by atoms with Gasteiger partial charge in [0.2, 0.25) is 0 Å². The lowest BCUT2D eigenvalue weighted by molar-refractivity contribution is 0.112. The van der Waals surface area contributed by atoms with E-state index in [2.05, 4.69) is 36.3 Å². The van der Waals surface area contributed by atoms with Crippen LogP contribution in [-0.4, -0.2) is 16.1 Å². The summed E-state index contributed by atoms with van der Waals surface area (Å²) in [6.07, 6.45) is 2.60. The minimum absolute atomic E-state index is 0.580. The molecule has 0 aliphatic rings. The molecule has 3 aromatic rings. The second-order valence-electron chi connectivity index (χ2n) is 4.87. The Kier molecular flexibility index (Phi) is 3.90. The fraction of sp³-hybridized carbons (Fsp3) is 0.125. The number of carbonyl (C=O) groups excluding carboxylic acids is 1. The molecular weight excluding hydrogens is 304 g/mol. The van der Waals surface area contributed by atoms with Crippen molar-refractivity contribution < 1.29 is 4.79 Å². The van der Waals surface area contributed by atoms with Crippen LogP contribution < -0.4 is 0 Å². The summed E-state index contributed by atoms with van der Waals surface area (Å²) in [5.74, 6) is 0. The summed E-state index contributed by atoms with van der Waals surface area (Å²) in [6, 6.07) is 10.1. The SMILES string of the molecule is Cc1ccc(Cn2cc(C=O)c(-c3csc(Cl)c3)n2)cc1. The molecule has 0 spiro atoms. The largest absolute Gasteiger partial charge is 0.298 e. The Balaban J connectivity index is 1.92. The number of aryl methyl sites for hydroxylation is 1. The quantitative estimate of drug-likeness (QED) is 0.667. The van der Waals surface area contributed by atoms with Crippen LogP contribution >= 0.6 is 22.9 Å². The zero-order valence-corrected chi connectivity index (χ0v) is 13.0. The van der Waals surface area contributed by atoms with Crippen LogP contribution in [0.5, 0.6) is 0 Å². The van der Waals surface area contributed by atoms with Crippen molar-refractivity contribution in [1.82, 2.24) is 9.78 Å². The van der Waals surface area contributed by atoms with Gasteiger partial charge in [0, 0.05) is 17.1 Å². The Morgan fingerprint density at radius 3 is 2.71 bits per heavy atom. The normalized spacial score (nSPS) is 10.8. The molecule has 0 unspecified atom stereocenters. The third-order valence-corrected chi connectivity index (χ3v) is 4.31. The fourth-order valence-electron chi connectivity index (χ4n) is 2.14. The summed E-state index contributed by atoms with van der Waals surface area (Å²) < 4.78 is 2.48. The van der Waals surface area contributed by atoms with Gasteiger partial charge in [-0.05, 0) is 18.6 Å². The summed E-state index contributed by atoms with van der Waals surface area (Å²) in [4.78, 5) is 11.2. The van der Waals surface area contributed by atoms with Crippen molar-refractivity contribution in [2.75, 3.05) is 0 Å². The molecule has 5 heteroatoms. The zero-order valence-electron chi connectivity index (χ0n) is 11.4. The van der Waals surface area contributed by atoms with E-state index < -0.39 is 0 Å². The van der Waals surface area contributed by atoms with Gasteiger partial charge in [0.15, 0.2) is 6.29 Å². The molecule has 2 heterocycles. The van der Waals surface area contributed by atoms with Crippen LogP contribution in [0.4, 0.5) is 0 Å². The number of halogens is 1. The highest BCUT2D eigenvalue weighted by Crippen LogP contribution is 2.29. The summed E-state index contributed by atoms with van der Waals surface area (Å²) in [5.41, 5.74) is 4.52. The zero-order chi connectivity index (χ0) is 14.8. The second kappa shape index (κ2) is 5.84. The molecule has 0 amide bonds. The summed E-state index contributed by atoms with van der Waals surface area (Å²) >= 11 is 7.39. The van der Waals surface area contributed by atoms with Gasteiger partial charge in [-0.2, -0.15) is 5.10 Å². The lowest BCUT2D eigenvalue weighted by atomic mass is 10.1. The van der Waals surface area contributed by atoms with E-state index in [4.69, 9.17) is 11.6 Å². The Morgan fingerprint density at radius 1 is 1.33 bits per heavy atom. The smallest absolute Gasteiger partial charge is 0.153 e. The Bertz CT molecular complexity index is 774. The van der Waals surface area contributed by atoms with Gasteiger partial charge in [-0.15, -0.1) is 11.3 Å². The second-order valence-corrected chi connectivity index (χ2v) is 6.42. The predicted octanol–water partition coefficient (Wildman–Crippen LogP) is 4.43. The van der Waals surface area contributed by atoms with E-state index >= 15 is 0 Å². The molecule has 3 rings (SSSR count). The average molecular weight is 317 g/mol. The van der Waals surface area contributed by atoms with Crippen molar-refractivity contribution in [2.24, 2.45) is 0 Å². The number of nitrogens with zero attached hydrogens (tertiary/aromatic N) is 2. The van der Waals surface area contributed by atoms with Gasteiger partial charge in [-0.1, -0.05) is 41.4 Å². The van der Waals surface area contributed by atoms with Crippen LogP contribution in [0, 0.1) is 6.92 Å². The first-order valence-electron chi connectivity index (χ1n) is 6.48. The number of aldehydes is 1. The Morgan fingerprint density at radius 2 is 2.10 bits per heavy atom. The molecular formula is C16H13ClN2OS. The van der Waals surface area contributed by atoms with Crippen LogP contribution in [0.3, 0.4) is 0 Å². The van der Waals surface area contributed by atoms with Crippen LogP contribution in [0.2, 0.25) is 4.34 Å². The maximum atomic E-state index is 11.2. The van der Waals surface area contributed by atoms with Gasteiger partial charge >= 0.3 is 0 Å². The highest BCUT2D eigenvalue weighted by Gasteiger charge is 2.12. The fourth-order valence-corrected chi connectivity index (χ4v) is 3.01. The van der Waals surface area contributed by atoms with Gasteiger partial charge in [0.1, 0.15) is 5.69 Å². The summed E-state index contributed by atoms with van der Waals surface area (Å²) in [5, 5.41) is 6.43. The molecule has 21 heavy (non-hydrogen) atoms. The van der Waals surface area contributed by atoms with Crippen LogP contribution in [0.1, 0.15) is 21.5 Å². The van der Waals surface area contributed by atoms with E-state index in [1.165, 1.54) is 16.9 Å². The number of thiophene rings is 1. The van der Waals surface area contributed by atoms with E-state index in [0.717, 1.165) is 17.4 Å². The van der Waals surface area contributed by atoms with Crippen molar-refractivity contribution in [2.45, 2.75) is 13.5 Å². The molecule has 0 N–H and O–H groups in total. The van der Waals surface area contributed by atoms with E-state index in [1.54, 1.807) is 10.9 Å². The van der Waals surface area contributed by atoms with E-state index in [1.807, 2.05) is 11.4 Å². The van der Waals surface area contributed by atoms with Crippen LogP contribution in [0.25, 0.3) is 11.3 Å². The molecule has 2 aromatic heterocycles. The molecule has 1 aromatic carbocycles. The first-order valence-corrected chi connectivity index (χ1v) is 7.74. The Hall–Kier alpha value is -1.91. The number of benzene rings is 1. The average Bonchev–Trinajstić information content (AvgIpc) is 3.07. The molecule has 0 aliphatic heterocycles. The van der Waals surface area contributed by atoms with Crippen LogP contribution in [-0.2, 0) is 6.54 Å². The van der Waals surface area contributed by atoms with Crippen molar-refractivity contribution >= 4 is 29.2 Å². The highest BCUT2D eigenvalue weighted by molar-refractivity contribution is 7.14. The first kappa shape index (κ1) is 14.0. The van der Waals surface area contributed by atoms with E-state index in [9.17, 15) is 4.79 Å². The van der Waals surface area contributed by atoms with Crippen molar-refractivity contribution in [1.29, 1.82) is 0 Å². The molecule has 106 valence electrons. The maximum absolute atomic E-state index is 11.2. The molecule has 0 bridgehead atoms. The third kappa shape index (κ3) is 3.06. The monoisotopic (exact) mass is 316 g/mol. The van der Waals surface area contributed by atoms with Crippen molar-refractivity contribution in [3.8, 4) is 11.3 Å². The number of hydrogen-bond donors (Lipinski definition) is 0. The highest BCUT2D eigenvalue weighted by atomic mass is 35.5. The molecule has 0 radical (unpaired) electrons. The lowest BCUT2D eigenvalue weighted by Crippen LogP contribution is -2.00. The molecule has 0 saturated carbocycles. The van der Waals surface area contributed by atoms with Crippen molar-refractivity contribution in [3.63, 3.8) is 0 Å². The van der Waals surface area contributed by atoms with Gasteiger partial charge in [0.05, 0.1) is 16.4 Å². The maximum Gasteiger partial charge on any atom is 0.153 e. The standard InChI is InChI=1S/C16H13ClN2OS/c1-11-2-4-12(5-3-11)7-19-8-14(9-20)16(18-19)13-6-15(17)21-10-13/h2-6,8-10H,7H2,1H3. The molecule has 0 atom stereocenters. The van der Waals surface area contributed by atoms with Crippen molar-refractivity contribution in [3.05, 3.63) is 62.9 Å². The van der Waals surface area contributed by atoms with Gasteiger partial charge in [-0.25, -0.2) is 0 Å². The minimum Gasteiger partial charge on any atom is -0.298 e. The van der Waals surface area contributed by atoms with Gasteiger partial charge < -0.3 is 0 Å². The minimum atomic E-state index is 0.580.